The summed E-state index contributed by atoms with van der Waals surface area (Å²) >= 11 is 0. The van der Waals surface area contributed by atoms with Gasteiger partial charge in [-0.05, 0) is 36.5 Å². The summed E-state index contributed by atoms with van der Waals surface area (Å²) in [5.41, 5.74) is 5.72. The minimum Gasteiger partial charge on any atom is -0.399 e. The number of hydrogen-bond acceptors (Lipinski definition) is 3. The highest BCUT2D eigenvalue weighted by Crippen LogP contribution is 2.39. The van der Waals surface area contributed by atoms with Gasteiger partial charge < -0.3 is 5.73 Å². The number of hydrogen-bond donors (Lipinski definition) is 2. The van der Waals surface area contributed by atoms with Gasteiger partial charge >= 0.3 is 0 Å². The van der Waals surface area contributed by atoms with Gasteiger partial charge in [0.2, 0.25) is 10.0 Å². The Morgan fingerprint density at radius 2 is 2.11 bits per heavy atom. The maximum atomic E-state index is 13.5. The highest BCUT2D eigenvalue weighted by atomic mass is 32.2. The molecule has 0 atom stereocenters. The molecule has 2 rings (SSSR count). The summed E-state index contributed by atoms with van der Waals surface area (Å²) < 4.78 is 39.9. The Bertz CT molecular complexity index is 553. The van der Waals surface area contributed by atoms with Crippen molar-refractivity contribution in [2.24, 2.45) is 5.41 Å². The van der Waals surface area contributed by atoms with Crippen LogP contribution in [0.1, 0.15) is 26.2 Å². The van der Waals surface area contributed by atoms with Crippen molar-refractivity contribution in [2.75, 3.05) is 12.3 Å². The molecule has 0 radical (unpaired) electrons. The largest absolute Gasteiger partial charge is 0.399 e. The van der Waals surface area contributed by atoms with Crippen molar-refractivity contribution in [3.8, 4) is 0 Å². The van der Waals surface area contributed by atoms with E-state index >= 15 is 0 Å². The van der Waals surface area contributed by atoms with E-state index in [4.69, 9.17) is 5.73 Å². The monoisotopic (exact) mass is 272 g/mol. The average Bonchev–Trinajstić information content (AvgIpc) is 2.27. The maximum Gasteiger partial charge on any atom is 0.243 e. The van der Waals surface area contributed by atoms with Crippen LogP contribution in [-0.4, -0.2) is 15.0 Å². The quantitative estimate of drug-likeness (QED) is 0.822. The lowest BCUT2D eigenvalue weighted by Crippen LogP contribution is -2.40. The number of nitrogen functional groups attached to an aromatic ring is 1. The molecule has 0 spiro atoms. The number of sulfonamides is 1. The second-order valence-electron chi connectivity index (χ2n) is 5.18. The molecule has 1 aliphatic carbocycles. The van der Waals surface area contributed by atoms with Gasteiger partial charge in [0.25, 0.3) is 0 Å². The van der Waals surface area contributed by atoms with Crippen LogP contribution in [0.4, 0.5) is 10.1 Å². The fourth-order valence-electron chi connectivity index (χ4n) is 2.03. The van der Waals surface area contributed by atoms with Crippen LogP contribution in [0.25, 0.3) is 0 Å². The number of nitrogens with two attached hydrogens (primary N) is 1. The standard InChI is InChI=1S/C12H17FN2O2S/c1-12(5-2-6-12)8-15-18(16,17)11-7-9(14)3-4-10(11)13/h3-4,7,15H,2,5-6,8,14H2,1H3. The first kappa shape index (κ1) is 13.3. The van der Waals surface area contributed by atoms with Crippen LogP contribution < -0.4 is 10.5 Å². The third-order valence-electron chi connectivity index (χ3n) is 3.49. The lowest BCUT2D eigenvalue weighted by molar-refractivity contribution is 0.166. The van der Waals surface area contributed by atoms with Crippen molar-refractivity contribution in [1.29, 1.82) is 0 Å². The van der Waals surface area contributed by atoms with Crippen molar-refractivity contribution in [1.82, 2.24) is 4.72 Å². The topological polar surface area (TPSA) is 72.2 Å². The molecule has 3 N–H and O–H groups in total. The lowest BCUT2D eigenvalue weighted by Gasteiger charge is -2.38. The van der Waals surface area contributed by atoms with E-state index < -0.39 is 15.8 Å². The van der Waals surface area contributed by atoms with Crippen molar-refractivity contribution >= 4 is 15.7 Å². The second-order valence-corrected chi connectivity index (χ2v) is 6.91. The van der Waals surface area contributed by atoms with E-state index in [9.17, 15) is 12.8 Å². The second kappa shape index (κ2) is 4.51. The van der Waals surface area contributed by atoms with Crippen LogP contribution in [0, 0.1) is 11.2 Å². The summed E-state index contributed by atoms with van der Waals surface area (Å²) in [7, 11) is -3.83. The molecule has 1 aromatic rings. The first-order chi connectivity index (χ1) is 8.32. The number of halogens is 1. The van der Waals surface area contributed by atoms with E-state index in [1.165, 1.54) is 6.07 Å². The molecule has 1 saturated carbocycles. The van der Waals surface area contributed by atoms with Crippen molar-refractivity contribution < 1.29 is 12.8 Å². The van der Waals surface area contributed by atoms with Crippen molar-refractivity contribution in [3.05, 3.63) is 24.0 Å². The van der Waals surface area contributed by atoms with Gasteiger partial charge in [0.15, 0.2) is 0 Å². The zero-order valence-corrected chi connectivity index (χ0v) is 11.1. The van der Waals surface area contributed by atoms with Crippen LogP contribution in [0.3, 0.4) is 0 Å². The zero-order chi connectivity index (χ0) is 13.4. The molecule has 0 saturated heterocycles. The van der Waals surface area contributed by atoms with Crippen LogP contribution in [0.2, 0.25) is 0 Å². The minimum atomic E-state index is -3.83. The predicted molar refractivity (Wildman–Crippen MR) is 68.0 cm³/mol. The van der Waals surface area contributed by atoms with E-state index in [0.717, 1.165) is 31.4 Å². The highest BCUT2D eigenvalue weighted by Gasteiger charge is 2.33. The predicted octanol–water partition coefficient (Wildman–Crippen LogP) is 1.88. The van der Waals surface area contributed by atoms with E-state index in [1.54, 1.807) is 0 Å². The van der Waals surface area contributed by atoms with Gasteiger partial charge in [-0.3, -0.25) is 0 Å². The summed E-state index contributed by atoms with van der Waals surface area (Å²) in [6.07, 6.45) is 3.11. The normalized spacial score (nSPS) is 18.3. The van der Waals surface area contributed by atoms with Crippen LogP contribution in [0.15, 0.2) is 23.1 Å². The molecule has 1 fully saturated rings. The van der Waals surface area contributed by atoms with Crippen LogP contribution in [-0.2, 0) is 10.0 Å². The number of anilines is 1. The molecular weight excluding hydrogens is 255 g/mol. The molecule has 0 unspecified atom stereocenters. The molecule has 1 aromatic carbocycles. The molecule has 0 aromatic heterocycles. The van der Waals surface area contributed by atoms with Gasteiger partial charge in [-0.2, -0.15) is 0 Å². The van der Waals surface area contributed by atoms with Crippen LogP contribution >= 0.6 is 0 Å². The van der Waals surface area contributed by atoms with Crippen LogP contribution in [0.5, 0.6) is 0 Å². The number of rotatable bonds is 4. The Balaban J connectivity index is 2.17. The molecule has 1 aliphatic rings. The average molecular weight is 272 g/mol. The van der Waals surface area contributed by atoms with Gasteiger partial charge in [-0.25, -0.2) is 17.5 Å². The van der Waals surface area contributed by atoms with Gasteiger partial charge in [0, 0.05) is 12.2 Å². The minimum absolute atomic E-state index is 0.00384. The molecule has 0 heterocycles. The Kier molecular flexibility index (Phi) is 3.33. The Hall–Kier alpha value is -1.14. The Morgan fingerprint density at radius 3 is 2.67 bits per heavy atom. The summed E-state index contributed by atoms with van der Waals surface area (Å²) in [6.45, 7) is 2.36. The molecule has 6 heteroatoms. The fraction of sp³-hybridized carbons (Fsp3) is 0.500. The maximum absolute atomic E-state index is 13.5. The Labute approximate surface area is 106 Å². The Morgan fingerprint density at radius 1 is 1.44 bits per heavy atom. The van der Waals surface area contributed by atoms with E-state index in [0.29, 0.717) is 6.54 Å². The molecule has 0 amide bonds. The smallest absolute Gasteiger partial charge is 0.243 e. The molecule has 0 aliphatic heterocycles. The summed E-state index contributed by atoms with van der Waals surface area (Å²) in [6, 6.07) is 3.54. The molecule has 100 valence electrons. The number of benzene rings is 1. The summed E-state index contributed by atoms with van der Waals surface area (Å²) in [5.74, 6) is -0.782. The first-order valence-electron chi connectivity index (χ1n) is 5.87. The number of nitrogens with one attached hydrogen (secondary N) is 1. The molecule has 18 heavy (non-hydrogen) atoms. The zero-order valence-electron chi connectivity index (χ0n) is 10.2. The third kappa shape index (κ3) is 2.64. The van der Waals surface area contributed by atoms with Gasteiger partial charge in [-0.15, -0.1) is 0 Å². The lowest BCUT2D eigenvalue weighted by atomic mass is 9.71. The molecular formula is C12H17FN2O2S. The highest BCUT2D eigenvalue weighted by molar-refractivity contribution is 7.89. The van der Waals surface area contributed by atoms with Gasteiger partial charge in [0.05, 0.1) is 0 Å². The van der Waals surface area contributed by atoms with Gasteiger partial charge in [-0.1, -0.05) is 13.3 Å². The SMILES string of the molecule is CC1(CNS(=O)(=O)c2cc(N)ccc2F)CCC1. The third-order valence-corrected chi connectivity index (χ3v) is 4.91. The molecule has 0 bridgehead atoms. The van der Waals surface area contributed by atoms with E-state index in [-0.39, 0.29) is 16.0 Å². The van der Waals surface area contributed by atoms with Crippen molar-refractivity contribution in [3.63, 3.8) is 0 Å². The van der Waals surface area contributed by atoms with Crippen molar-refractivity contribution in [2.45, 2.75) is 31.1 Å². The first-order valence-corrected chi connectivity index (χ1v) is 7.35. The van der Waals surface area contributed by atoms with E-state index in [2.05, 4.69) is 4.72 Å². The summed E-state index contributed by atoms with van der Waals surface area (Å²) in [4.78, 5) is -0.384. The van der Waals surface area contributed by atoms with E-state index in [1.807, 2.05) is 6.92 Å². The molecule has 4 nitrogen and oxygen atoms in total. The van der Waals surface area contributed by atoms with Gasteiger partial charge in [0.1, 0.15) is 10.7 Å². The summed E-state index contributed by atoms with van der Waals surface area (Å²) in [5, 5.41) is 0. The fourth-order valence-corrected chi connectivity index (χ4v) is 3.34.